The van der Waals surface area contributed by atoms with Crippen molar-refractivity contribution in [3.8, 4) is 23.5 Å². The Morgan fingerprint density at radius 2 is 1.18 bits per heavy atom. The SMILES string of the molecule is CC1C=CC=C(c2ccc3c(c2)/c(=N\C#N)c2cc4c(cc23)/c(=N/C#N)c2cc(-c3ccccc3)ccc24)C1. The maximum Gasteiger partial charge on any atom is 0.206 e. The quantitative estimate of drug-likeness (QED) is 0.231. The predicted octanol–water partition coefficient (Wildman–Crippen LogP) is 7.58. The number of fused-ring (bicyclic) bond motifs is 6. The second-order valence-corrected chi connectivity index (χ2v) is 10.2. The first-order chi connectivity index (χ1) is 19.2. The third-order valence-corrected chi connectivity index (χ3v) is 7.88. The van der Waals surface area contributed by atoms with Crippen LogP contribution in [0.25, 0.3) is 59.8 Å². The number of nitriles is 2. The van der Waals surface area contributed by atoms with Crippen LogP contribution >= 0.6 is 0 Å². The summed E-state index contributed by atoms with van der Waals surface area (Å²) in [6, 6.07) is 27.2. The van der Waals surface area contributed by atoms with E-state index in [4.69, 9.17) is 0 Å². The summed E-state index contributed by atoms with van der Waals surface area (Å²) in [7, 11) is 0. The van der Waals surface area contributed by atoms with Crippen molar-refractivity contribution in [1.29, 1.82) is 10.5 Å². The van der Waals surface area contributed by atoms with Crippen LogP contribution in [0.1, 0.15) is 18.9 Å². The van der Waals surface area contributed by atoms with Gasteiger partial charge >= 0.3 is 0 Å². The first-order valence-electron chi connectivity index (χ1n) is 13.0. The first kappa shape index (κ1) is 22.8. The summed E-state index contributed by atoms with van der Waals surface area (Å²) in [5.41, 5.74) is 4.63. The summed E-state index contributed by atoms with van der Waals surface area (Å²) < 4.78 is 0. The molecule has 4 heteroatoms. The van der Waals surface area contributed by atoms with Gasteiger partial charge in [-0.1, -0.05) is 79.7 Å². The van der Waals surface area contributed by atoms with Gasteiger partial charge in [-0.25, -0.2) is 0 Å². The molecule has 6 aromatic rings. The predicted molar refractivity (Wildman–Crippen MR) is 158 cm³/mol. The molecule has 0 aliphatic heterocycles. The third-order valence-electron chi connectivity index (χ3n) is 7.88. The average molecular weight is 499 g/mol. The summed E-state index contributed by atoms with van der Waals surface area (Å²) >= 11 is 0. The monoisotopic (exact) mass is 498 g/mol. The van der Waals surface area contributed by atoms with Crippen LogP contribution in [0.4, 0.5) is 0 Å². The van der Waals surface area contributed by atoms with Gasteiger partial charge in [0.1, 0.15) is 0 Å². The Kier molecular flexibility index (Phi) is 5.22. The third kappa shape index (κ3) is 3.58. The fourth-order valence-corrected chi connectivity index (χ4v) is 6.09. The lowest BCUT2D eigenvalue weighted by Gasteiger charge is -2.14. The molecule has 182 valence electrons. The molecule has 1 unspecified atom stereocenters. The molecule has 0 heterocycles. The molecule has 0 fully saturated rings. The van der Waals surface area contributed by atoms with Crippen molar-refractivity contribution in [2.24, 2.45) is 15.9 Å². The smallest absolute Gasteiger partial charge is 0.172 e. The van der Waals surface area contributed by atoms with Crippen LogP contribution in [0, 0.1) is 28.8 Å². The van der Waals surface area contributed by atoms with Crippen LogP contribution in [0.15, 0.2) is 107 Å². The lowest BCUT2D eigenvalue weighted by atomic mass is 9.90. The number of hydrogen-bond acceptors (Lipinski definition) is 4. The lowest BCUT2D eigenvalue weighted by Crippen LogP contribution is -2.00. The van der Waals surface area contributed by atoms with E-state index in [1.54, 1.807) is 0 Å². The lowest BCUT2D eigenvalue weighted by molar-refractivity contribution is 0.749. The van der Waals surface area contributed by atoms with E-state index in [1.807, 2.05) is 30.6 Å². The van der Waals surface area contributed by atoms with E-state index < -0.39 is 0 Å². The van der Waals surface area contributed by atoms with Gasteiger partial charge in [-0.3, -0.25) is 0 Å². The van der Waals surface area contributed by atoms with Crippen LogP contribution in [-0.2, 0) is 0 Å². The highest BCUT2D eigenvalue weighted by Crippen LogP contribution is 2.35. The van der Waals surface area contributed by atoms with Crippen molar-refractivity contribution in [2.45, 2.75) is 13.3 Å². The Bertz CT molecular complexity index is 2230. The Labute approximate surface area is 225 Å². The molecular formula is C35H22N4. The van der Waals surface area contributed by atoms with Gasteiger partial charge in [-0.15, -0.1) is 0 Å². The molecule has 0 aromatic heterocycles. The fraction of sp³-hybridized carbons (Fsp3) is 0.0857. The van der Waals surface area contributed by atoms with Crippen molar-refractivity contribution in [1.82, 2.24) is 0 Å². The maximum atomic E-state index is 9.62. The summed E-state index contributed by atoms with van der Waals surface area (Å²) in [6.07, 6.45) is 11.6. The zero-order chi connectivity index (χ0) is 26.5. The van der Waals surface area contributed by atoms with Crippen LogP contribution in [0.3, 0.4) is 0 Å². The van der Waals surface area contributed by atoms with Gasteiger partial charge in [0.05, 0.1) is 10.7 Å². The topological polar surface area (TPSA) is 72.3 Å². The molecular weight excluding hydrogens is 476 g/mol. The molecule has 0 saturated carbocycles. The summed E-state index contributed by atoms with van der Waals surface area (Å²) in [5, 5.41) is 28.5. The van der Waals surface area contributed by atoms with E-state index >= 15 is 0 Å². The minimum Gasteiger partial charge on any atom is -0.172 e. The van der Waals surface area contributed by atoms with Crippen molar-refractivity contribution >= 4 is 48.7 Å². The summed E-state index contributed by atoms with van der Waals surface area (Å²) in [5.74, 6) is 0.492. The molecule has 0 bridgehead atoms. The molecule has 0 saturated heterocycles. The van der Waals surface area contributed by atoms with E-state index in [0.717, 1.165) is 66.2 Å². The van der Waals surface area contributed by atoms with Gasteiger partial charge in [0.2, 0.25) is 12.4 Å². The molecule has 0 N–H and O–H groups in total. The number of nitrogens with zero attached hydrogens (tertiary/aromatic N) is 4. The molecule has 0 radical (unpaired) electrons. The Hall–Kier alpha value is -5.32. The molecule has 0 amide bonds. The molecule has 1 aliphatic rings. The van der Waals surface area contributed by atoms with Crippen molar-refractivity contribution in [3.05, 3.63) is 113 Å². The number of hydrogen-bond donors (Lipinski definition) is 0. The molecule has 39 heavy (non-hydrogen) atoms. The van der Waals surface area contributed by atoms with Gasteiger partial charge in [0.25, 0.3) is 0 Å². The summed E-state index contributed by atoms with van der Waals surface area (Å²) in [4.78, 5) is 8.59. The first-order valence-corrected chi connectivity index (χ1v) is 13.0. The molecule has 1 aliphatic carbocycles. The Balaban J connectivity index is 1.55. The zero-order valence-electron chi connectivity index (χ0n) is 21.3. The minimum atomic E-state index is 0.492. The number of rotatable bonds is 2. The van der Waals surface area contributed by atoms with E-state index in [0.29, 0.717) is 16.6 Å². The fourth-order valence-electron chi connectivity index (χ4n) is 6.09. The van der Waals surface area contributed by atoms with Crippen molar-refractivity contribution in [2.75, 3.05) is 0 Å². The Morgan fingerprint density at radius 3 is 1.77 bits per heavy atom. The highest BCUT2D eigenvalue weighted by atomic mass is 14.7. The van der Waals surface area contributed by atoms with Crippen LogP contribution in [0.5, 0.6) is 0 Å². The van der Waals surface area contributed by atoms with Gasteiger partial charge in [-0.05, 0) is 80.4 Å². The van der Waals surface area contributed by atoms with E-state index in [2.05, 4.69) is 95.8 Å². The second kappa shape index (κ2) is 8.91. The zero-order valence-corrected chi connectivity index (χ0v) is 21.3. The van der Waals surface area contributed by atoms with Crippen molar-refractivity contribution in [3.63, 3.8) is 0 Å². The Morgan fingerprint density at radius 1 is 0.615 bits per heavy atom. The summed E-state index contributed by atoms with van der Waals surface area (Å²) in [6.45, 7) is 2.22. The van der Waals surface area contributed by atoms with Crippen LogP contribution < -0.4 is 10.7 Å². The molecule has 0 spiro atoms. The highest BCUT2D eigenvalue weighted by molar-refractivity contribution is 6.21. The molecule has 6 aromatic carbocycles. The van der Waals surface area contributed by atoms with Gasteiger partial charge in [-0.2, -0.15) is 20.5 Å². The van der Waals surface area contributed by atoms with Crippen LogP contribution in [-0.4, -0.2) is 0 Å². The van der Waals surface area contributed by atoms with Crippen molar-refractivity contribution < 1.29 is 0 Å². The maximum absolute atomic E-state index is 9.62. The number of benzene rings is 4. The van der Waals surface area contributed by atoms with E-state index in [9.17, 15) is 10.5 Å². The molecule has 1 atom stereocenters. The standard InChI is InChI=1S/C35H22N4/c1-21-6-5-9-23(14-21)25-11-13-27-29-18-32-28(17-33(29)35(39-20-37)31(27)16-25)26-12-10-24(22-7-3-2-4-8-22)15-30(26)34(32)38-19-36/h2-13,15-18,21H,14H2,1H3/b38-34+,39-35+. The molecule has 4 nitrogen and oxygen atoms in total. The van der Waals surface area contributed by atoms with Crippen LogP contribution in [0.2, 0.25) is 0 Å². The normalized spacial score (nSPS) is 16.3. The number of allylic oxidation sites excluding steroid dienone is 4. The largest absolute Gasteiger partial charge is 0.206 e. The second-order valence-electron chi connectivity index (χ2n) is 10.2. The van der Waals surface area contributed by atoms with Gasteiger partial charge in [0, 0.05) is 21.5 Å². The average Bonchev–Trinajstić information content (AvgIpc) is 3.44. The van der Waals surface area contributed by atoms with E-state index in [1.165, 1.54) is 5.57 Å². The van der Waals surface area contributed by atoms with Gasteiger partial charge in [0.15, 0.2) is 0 Å². The van der Waals surface area contributed by atoms with E-state index in [-0.39, 0.29) is 0 Å². The minimum absolute atomic E-state index is 0.492. The molecule has 7 rings (SSSR count). The van der Waals surface area contributed by atoms with Gasteiger partial charge < -0.3 is 0 Å². The highest BCUT2D eigenvalue weighted by Gasteiger charge is 2.17.